The third kappa shape index (κ3) is 3.67. The number of pyridine rings is 1. The number of aromatic nitrogens is 3. The quantitative estimate of drug-likeness (QED) is 0.676. The van der Waals surface area contributed by atoms with E-state index in [-0.39, 0.29) is 0 Å². The zero-order valence-corrected chi connectivity index (χ0v) is 15.2. The second-order valence-corrected chi connectivity index (χ2v) is 6.70. The number of nitrogens with one attached hydrogen (secondary N) is 2. The highest BCUT2D eigenvalue weighted by molar-refractivity contribution is 5.70. The molecule has 4 rings (SSSR count). The minimum absolute atomic E-state index is 0.500. The Morgan fingerprint density at radius 1 is 1.08 bits per heavy atom. The Kier molecular flexibility index (Phi) is 4.52. The zero-order valence-electron chi connectivity index (χ0n) is 15.2. The lowest BCUT2D eigenvalue weighted by Gasteiger charge is -2.15. The van der Waals surface area contributed by atoms with E-state index in [1.54, 1.807) is 12.4 Å². The van der Waals surface area contributed by atoms with E-state index < -0.39 is 0 Å². The SMILES string of the molecule is CCc1cccc(C)c1Nc1cc(-c2ccncc2)nc(NC2CC2)n1. The van der Waals surface area contributed by atoms with E-state index in [1.807, 2.05) is 18.2 Å². The van der Waals surface area contributed by atoms with Crippen LogP contribution in [0.1, 0.15) is 30.9 Å². The van der Waals surface area contributed by atoms with Crippen LogP contribution in [0.3, 0.4) is 0 Å². The molecule has 0 saturated heterocycles. The van der Waals surface area contributed by atoms with Gasteiger partial charge in [0.05, 0.1) is 5.69 Å². The maximum Gasteiger partial charge on any atom is 0.225 e. The van der Waals surface area contributed by atoms with Crippen LogP contribution in [-0.4, -0.2) is 21.0 Å². The Labute approximate surface area is 153 Å². The van der Waals surface area contributed by atoms with Crippen LogP contribution in [-0.2, 0) is 6.42 Å². The highest BCUT2D eigenvalue weighted by Gasteiger charge is 2.22. The van der Waals surface area contributed by atoms with E-state index >= 15 is 0 Å². The van der Waals surface area contributed by atoms with Crippen molar-refractivity contribution in [3.8, 4) is 11.3 Å². The summed E-state index contributed by atoms with van der Waals surface area (Å²) in [5, 5.41) is 6.95. The fourth-order valence-electron chi connectivity index (χ4n) is 2.99. The molecule has 2 aromatic heterocycles. The maximum absolute atomic E-state index is 4.70. The normalized spacial score (nSPS) is 13.5. The number of hydrogen-bond donors (Lipinski definition) is 2. The first kappa shape index (κ1) is 16.5. The molecule has 2 heterocycles. The second-order valence-electron chi connectivity index (χ2n) is 6.70. The first-order valence-corrected chi connectivity index (χ1v) is 9.14. The van der Waals surface area contributed by atoms with Crippen molar-refractivity contribution in [2.75, 3.05) is 10.6 Å². The van der Waals surface area contributed by atoms with Crippen molar-refractivity contribution in [3.05, 3.63) is 59.9 Å². The van der Waals surface area contributed by atoms with Crippen LogP contribution in [0, 0.1) is 6.92 Å². The summed E-state index contributed by atoms with van der Waals surface area (Å²) in [4.78, 5) is 13.5. The van der Waals surface area contributed by atoms with Gasteiger partial charge in [0.2, 0.25) is 5.95 Å². The molecule has 1 fully saturated rings. The van der Waals surface area contributed by atoms with Crippen molar-refractivity contribution < 1.29 is 0 Å². The molecule has 1 aliphatic carbocycles. The standard InChI is InChI=1S/C21H23N5/c1-3-15-6-4-5-14(2)20(15)25-19-13-18(16-9-11-22-12-10-16)24-21(26-19)23-17-7-8-17/h4-6,9-13,17H,3,7-8H2,1-2H3,(H2,23,24,25,26). The van der Waals surface area contributed by atoms with Crippen molar-refractivity contribution >= 4 is 17.5 Å². The Bertz CT molecular complexity index is 904. The van der Waals surface area contributed by atoms with Gasteiger partial charge in [-0.2, -0.15) is 4.98 Å². The van der Waals surface area contributed by atoms with Gasteiger partial charge in [-0.15, -0.1) is 0 Å². The molecule has 2 N–H and O–H groups in total. The average molecular weight is 345 g/mol. The number of rotatable bonds is 6. The van der Waals surface area contributed by atoms with E-state index in [0.29, 0.717) is 12.0 Å². The molecule has 5 nitrogen and oxygen atoms in total. The fourth-order valence-corrected chi connectivity index (χ4v) is 2.99. The molecule has 1 saturated carbocycles. The minimum Gasteiger partial charge on any atom is -0.351 e. The number of para-hydroxylation sites is 1. The predicted octanol–water partition coefficient (Wildman–Crippen LogP) is 4.73. The molecule has 26 heavy (non-hydrogen) atoms. The zero-order chi connectivity index (χ0) is 17.9. The topological polar surface area (TPSA) is 62.7 Å². The van der Waals surface area contributed by atoms with Gasteiger partial charge < -0.3 is 10.6 Å². The van der Waals surface area contributed by atoms with Crippen LogP contribution in [0.5, 0.6) is 0 Å². The van der Waals surface area contributed by atoms with Gasteiger partial charge in [0.1, 0.15) is 5.82 Å². The van der Waals surface area contributed by atoms with Gasteiger partial charge in [0, 0.05) is 35.8 Å². The van der Waals surface area contributed by atoms with Crippen molar-refractivity contribution in [2.24, 2.45) is 0 Å². The molecule has 0 radical (unpaired) electrons. The summed E-state index contributed by atoms with van der Waals surface area (Å²) in [5.74, 6) is 1.48. The average Bonchev–Trinajstić information content (AvgIpc) is 3.48. The lowest BCUT2D eigenvalue weighted by molar-refractivity contribution is 1.05. The van der Waals surface area contributed by atoms with Crippen LogP contribution in [0.2, 0.25) is 0 Å². The molecule has 132 valence electrons. The number of hydrogen-bond acceptors (Lipinski definition) is 5. The van der Waals surface area contributed by atoms with Crippen molar-refractivity contribution in [1.82, 2.24) is 15.0 Å². The van der Waals surface area contributed by atoms with Gasteiger partial charge in [-0.1, -0.05) is 25.1 Å². The minimum atomic E-state index is 0.500. The summed E-state index contributed by atoms with van der Waals surface area (Å²) >= 11 is 0. The Morgan fingerprint density at radius 2 is 1.88 bits per heavy atom. The lowest BCUT2D eigenvalue weighted by Crippen LogP contribution is -2.08. The Hall–Kier alpha value is -2.95. The second kappa shape index (κ2) is 7.12. The van der Waals surface area contributed by atoms with E-state index in [4.69, 9.17) is 9.97 Å². The van der Waals surface area contributed by atoms with Crippen LogP contribution < -0.4 is 10.6 Å². The first-order valence-electron chi connectivity index (χ1n) is 9.14. The monoisotopic (exact) mass is 345 g/mol. The van der Waals surface area contributed by atoms with Crippen LogP contribution in [0.15, 0.2) is 48.8 Å². The fraction of sp³-hybridized carbons (Fsp3) is 0.286. The predicted molar refractivity (Wildman–Crippen MR) is 106 cm³/mol. The molecule has 0 unspecified atom stereocenters. The largest absolute Gasteiger partial charge is 0.351 e. The molecule has 0 aliphatic heterocycles. The molecule has 5 heteroatoms. The summed E-state index contributed by atoms with van der Waals surface area (Å²) in [6, 6.07) is 12.8. The van der Waals surface area contributed by atoms with Gasteiger partial charge >= 0.3 is 0 Å². The lowest BCUT2D eigenvalue weighted by atomic mass is 10.1. The highest BCUT2D eigenvalue weighted by atomic mass is 15.2. The van der Waals surface area contributed by atoms with E-state index in [1.165, 1.54) is 24.0 Å². The molecule has 1 aliphatic rings. The molecule has 3 aromatic rings. The molecular formula is C21H23N5. The third-order valence-electron chi connectivity index (χ3n) is 4.61. The number of aryl methyl sites for hydroxylation is 2. The number of benzene rings is 1. The molecule has 0 amide bonds. The van der Waals surface area contributed by atoms with Gasteiger partial charge in [-0.3, -0.25) is 4.98 Å². The first-order chi connectivity index (χ1) is 12.7. The van der Waals surface area contributed by atoms with Gasteiger partial charge in [-0.05, 0) is 49.4 Å². The van der Waals surface area contributed by atoms with Crippen LogP contribution >= 0.6 is 0 Å². The van der Waals surface area contributed by atoms with Crippen molar-refractivity contribution in [1.29, 1.82) is 0 Å². The Balaban J connectivity index is 1.73. The number of anilines is 3. The molecule has 0 spiro atoms. The highest BCUT2D eigenvalue weighted by Crippen LogP contribution is 2.29. The van der Waals surface area contributed by atoms with Gasteiger partial charge in [0.25, 0.3) is 0 Å². The molecular weight excluding hydrogens is 322 g/mol. The smallest absolute Gasteiger partial charge is 0.225 e. The molecule has 0 atom stereocenters. The van der Waals surface area contributed by atoms with Crippen LogP contribution in [0.25, 0.3) is 11.3 Å². The maximum atomic E-state index is 4.70. The van der Waals surface area contributed by atoms with E-state index in [0.717, 1.165) is 29.2 Å². The van der Waals surface area contributed by atoms with Crippen molar-refractivity contribution in [3.63, 3.8) is 0 Å². The molecule has 0 bridgehead atoms. The van der Waals surface area contributed by atoms with Gasteiger partial charge in [-0.25, -0.2) is 4.98 Å². The van der Waals surface area contributed by atoms with Gasteiger partial charge in [0.15, 0.2) is 0 Å². The van der Waals surface area contributed by atoms with Crippen LogP contribution in [0.4, 0.5) is 17.5 Å². The number of nitrogens with zero attached hydrogens (tertiary/aromatic N) is 3. The molecule has 1 aromatic carbocycles. The summed E-state index contributed by atoms with van der Waals surface area (Å²) < 4.78 is 0. The third-order valence-corrected chi connectivity index (χ3v) is 4.61. The van der Waals surface area contributed by atoms with E-state index in [9.17, 15) is 0 Å². The summed E-state index contributed by atoms with van der Waals surface area (Å²) in [6.07, 6.45) is 6.91. The summed E-state index contributed by atoms with van der Waals surface area (Å²) in [6.45, 7) is 4.29. The summed E-state index contributed by atoms with van der Waals surface area (Å²) in [5.41, 5.74) is 5.55. The van der Waals surface area contributed by atoms with Crippen molar-refractivity contribution in [2.45, 2.75) is 39.2 Å². The Morgan fingerprint density at radius 3 is 2.62 bits per heavy atom. The van der Waals surface area contributed by atoms with E-state index in [2.05, 4.69) is 47.7 Å². The summed E-state index contributed by atoms with van der Waals surface area (Å²) in [7, 11) is 0.